The van der Waals surface area contributed by atoms with Gasteiger partial charge in [-0.15, -0.1) is 0 Å². The van der Waals surface area contributed by atoms with Crippen LogP contribution in [0.15, 0.2) is 48.7 Å². The Morgan fingerprint density at radius 3 is 2.78 bits per heavy atom. The van der Waals surface area contributed by atoms with Crippen molar-refractivity contribution in [2.75, 3.05) is 18.1 Å². The van der Waals surface area contributed by atoms with Gasteiger partial charge in [0.25, 0.3) is 0 Å². The second-order valence-corrected chi connectivity index (χ2v) is 7.08. The molecule has 2 aromatic heterocycles. The van der Waals surface area contributed by atoms with Gasteiger partial charge in [-0.1, -0.05) is 29.8 Å². The number of aliphatic hydroxyl groups excluding tert-OH is 1. The molecule has 0 fully saturated rings. The Morgan fingerprint density at radius 1 is 1.07 bits per heavy atom. The maximum Gasteiger partial charge on any atom is 0.180 e. The number of anilines is 1. The molecule has 5 nitrogen and oxygen atoms in total. The van der Waals surface area contributed by atoms with E-state index in [2.05, 4.69) is 9.88 Å². The molecular weight excluding hydrogens is 360 g/mol. The third kappa shape index (κ3) is 3.94. The molecule has 3 aromatic rings. The molecule has 0 atom stereocenters. The van der Waals surface area contributed by atoms with Gasteiger partial charge in [-0.2, -0.15) is 0 Å². The van der Waals surface area contributed by atoms with E-state index in [9.17, 15) is 5.11 Å². The topological polar surface area (TPSA) is 62.1 Å². The van der Waals surface area contributed by atoms with Crippen LogP contribution >= 0.6 is 11.6 Å². The van der Waals surface area contributed by atoms with Crippen LogP contribution in [0.25, 0.3) is 11.5 Å². The first-order chi connectivity index (χ1) is 13.2. The van der Waals surface area contributed by atoms with Gasteiger partial charge < -0.3 is 10.0 Å². The summed E-state index contributed by atoms with van der Waals surface area (Å²) in [7, 11) is 0. The molecule has 2 heterocycles. The molecule has 0 unspecified atom stereocenters. The molecule has 1 aromatic carbocycles. The molecule has 0 spiro atoms. The number of aromatic nitrogens is 3. The molecule has 0 saturated heterocycles. The first-order valence-corrected chi connectivity index (χ1v) is 9.54. The number of fused-ring (bicyclic) bond motifs is 1. The van der Waals surface area contributed by atoms with Crippen LogP contribution in [0, 0.1) is 0 Å². The molecule has 4 rings (SSSR count). The zero-order chi connectivity index (χ0) is 18.6. The van der Waals surface area contributed by atoms with E-state index in [0.717, 1.165) is 42.0 Å². The van der Waals surface area contributed by atoms with Crippen molar-refractivity contribution in [1.82, 2.24) is 15.0 Å². The Labute approximate surface area is 163 Å². The number of hydrogen-bond acceptors (Lipinski definition) is 5. The van der Waals surface area contributed by atoms with Gasteiger partial charge in [-0.05, 0) is 49.1 Å². The fourth-order valence-corrected chi connectivity index (χ4v) is 3.73. The lowest BCUT2D eigenvalue weighted by molar-refractivity contribution is 0.301. The van der Waals surface area contributed by atoms with Crippen LogP contribution in [0.5, 0.6) is 0 Å². The summed E-state index contributed by atoms with van der Waals surface area (Å²) in [6.45, 7) is 1.18. The third-order valence-corrected chi connectivity index (χ3v) is 4.97. The minimum absolute atomic E-state index is 0.0538. The summed E-state index contributed by atoms with van der Waals surface area (Å²) >= 11 is 6.15. The molecule has 0 amide bonds. The van der Waals surface area contributed by atoms with Crippen molar-refractivity contribution in [2.45, 2.75) is 25.8 Å². The smallest absolute Gasteiger partial charge is 0.180 e. The standard InChI is InChI=1S/C21H21ClN4O/c22-16-6-3-5-15(13-16)14-26(11-12-27)21-17-7-4-9-18(17)24-20(25-21)19-8-1-2-10-23-19/h1-3,5-6,8,10,13,27H,4,7,9,11-12,14H2. The Morgan fingerprint density at radius 2 is 2.00 bits per heavy atom. The fraction of sp³-hybridized carbons (Fsp3) is 0.286. The Balaban J connectivity index is 1.76. The molecule has 0 aliphatic heterocycles. The van der Waals surface area contributed by atoms with Crippen LogP contribution in [0.4, 0.5) is 5.82 Å². The van der Waals surface area contributed by atoms with Gasteiger partial charge in [0.15, 0.2) is 5.82 Å². The molecule has 1 aliphatic carbocycles. The molecule has 1 aliphatic rings. The normalized spacial score (nSPS) is 12.8. The number of hydrogen-bond donors (Lipinski definition) is 1. The van der Waals surface area contributed by atoms with Crippen molar-refractivity contribution in [3.05, 3.63) is 70.5 Å². The Kier molecular flexibility index (Phi) is 5.32. The molecule has 0 saturated carbocycles. The van der Waals surface area contributed by atoms with E-state index in [1.54, 1.807) is 6.20 Å². The van der Waals surface area contributed by atoms with E-state index in [0.29, 0.717) is 23.9 Å². The third-order valence-electron chi connectivity index (χ3n) is 4.74. The summed E-state index contributed by atoms with van der Waals surface area (Å²) in [6.07, 6.45) is 4.75. The van der Waals surface area contributed by atoms with Crippen molar-refractivity contribution >= 4 is 17.4 Å². The number of rotatable bonds is 6. The number of aliphatic hydroxyl groups is 1. The quantitative estimate of drug-likeness (QED) is 0.706. The average Bonchev–Trinajstić information content (AvgIpc) is 3.16. The zero-order valence-electron chi connectivity index (χ0n) is 15.0. The van der Waals surface area contributed by atoms with E-state index in [1.807, 2.05) is 42.5 Å². The highest BCUT2D eigenvalue weighted by Crippen LogP contribution is 2.31. The summed E-state index contributed by atoms with van der Waals surface area (Å²) in [5.41, 5.74) is 4.13. The monoisotopic (exact) mass is 380 g/mol. The summed E-state index contributed by atoms with van der Waals surface area (Å²) in [5.74, 6) is 1.53. The van der Waals surface area contributed by atoms with Crippen LogP contribution in [-0.4, -0.2) is 33.2 Å². The predicted molar refractivity (Wildman–Crippen MR) is 107 cm³/mol. The van der Waals surface area contributed by atoms with Crippen LogP contribution < -0.4 is 4.90 Å². The molecule has 138 valence electrons. The van der Waals surface area contributed by atoms with E-state index >= 15 is 0 Å². The molecule has 1 N–H and O–H groups in total. The summed E-state index contributed by atoms with van der Waals surface area (Å²) in [5, 5.41) is 10.3. The highest BCUT2D eigenvalue weighted by molar-refractivity contribution is 6.30. The minimum atomic E-state index is 0.0538. The Bertz CT molecular complexity index is 933. The molecule has 6 heteroatoms. The van der Waals surface area contributed by atoms with Crippen LogP contribution in [0.2, 0.25) is 5.02 Å². The van der Waals surface area contributed by atoms with Crippen molar-refractivity contribution in [3.63, 3.8) is 0 Å². The molecule has 27 heavy (non-hydrogen) atoms. The first kappa shape index (κ1) is 17.9. The van der Waals surface area contributed by atoms with E-state index in [4.69, 9.17) is 21.6 Å². The van der Waals surface area contributed by atoms with Crippen LogP contribution in [0.3, 0.4) is 0 Å². The molecule has 0 radical (unpaired) electrons. The Hall–Kier alpha value is -2.50. The second-order valence-electron chi connectivity index (χ2n) is 6.64. The van der Waals surface area contributed by atoms with Crippen molar-refractivity contribution in [1.29, 1.82) is 0 Å². The van der Waals surface area contributed by atoms with Gasteiger partial charge in [0.1, 0.15) is 11.5 Å². The van der Waals surface area contributed by atoms with Gasteiger partial charge in [-0.3, -0.25) is 4.98 Å². The second kappa shape index (κ2) is 8.03. The number of pyridine rings is 1. The van der Waals surface area contributed by atoms with Gasteiger partial charge in [0.2, 0.25) is 0 Å². The van der Waals surface area contributed by atoms with E-state index < -0.39 is 0 Å². The molecule has 0 bridgehead atoms. The summed E-state index contributed by atoms with van der Waals surface area (Å²) in [6, 6.07) is 13.5. The van der Waals surface area contributed by atoms with Gasteiger partial charge in [-0.25, -0.2) is 9.97 Å². The minimum Gasteiger partial charge on any atom is -0.395 e. The number of halogens is 1. The lowest BCUT2D eigenvalue weighted by Crippen LogP contribution is -2.28. The first-order valence-electron chi connectivity index (χ1n) is 9.16. The van der Waals surface area contributed by atoms with E-state index in [1.165, 1.54) is 5.56 Å². The highest BCUT2D eigenvalue weighted by Gasteiger charge is 2.24. The van der Waals surface area contributed by atoms with Crippen LogP contribution in [0.1, 0.15) is 23.2 Å². The maximum absolute atomic E-state index is 9.64. The van der Waals surface area contributed by atoms with Crippen molar-refractivity contribution in [3.8, 4) is 11.5 Å². The predicted octanol–water partition coefficient (Wildman–Crippen LogP) is 3.68. The van der Waals surface area contributed by atoms with Crippen molar-refractivity contribution in [2.24, 2.45) is 0 Å². The van der Waals surface area contributed by atoms with Crippen molar-refractivity contribution < 1.29 is 5.11 Å². The van der Waals surface area contributed by atoms with E-state index in [-0.39, 0.29) is 6.61 Å². The number of benzene rings is 1. The lowest BCUT2D eigenvalue weighted by Gasteiger charge is -2.25. The number of aryl methyl sites for hydroxylation is 1. The van der Waals surface area contributed by atoms with Gasteiger partial charge in [0.05, 0.1) is 6.61 Å². The zero-order valence-corrected chi connectivity index (χ0v) is 15.7. The van der Waals surface area contributed by atoms with Crippen LogP contribution in [-0.2, 0) is 19.4 Å². The SMILES string of the molecule is OCCN(Cc1cccc(Cl)c1)c1nc(-c2ccccn2)nc2c1CCC2. The summed E-state index contributed by atoms with van der Waals surface area (Å²) in [4.78, 5) is 16.1. The summed E-state index contributed by atoms with van der Waals surface area (Å²) < 4.78 is 0. The van der Waals surface area contributed by atoms with Gasteiger partial charge >= 0.3 is 0 Å². The number of nitrogens with zero attached hydrogens (tertiary/aromatic N) is 4. The lowest BCUT2D eigenvalue weighted by atomic mass is 10.1. The average molecular weight is 381 g/mol. The fourth-order valence-electron chi connectivity index (χ4n) is 3.52. The largest absolute Gasteiger partial charge is 0.395 e. The molecular formula is C21H21ClN4O. The maximum atomic E-state index is 9.64. The van der Waals surface area contributed by atoms with Gasteiger partial charge in [0, 0.05) is 35.6 Å². The highest BCUT2D eigenvalue weighted by atomic mass is 35.5.